The van der Waals surface area contributed by atoms with Gasteiger partial charge in [0.2, 0.25) is 0 Å². The largest absolute Gasteiger partial charge is 0.472 e. The molecular formula is C17H22N4O2. The van der Waals surface area contributed by atoms with Gasteiger partial charge in [-0.25, -0.2) is 0 Å². The fourth-order valence-corrected chi connectivity index (χ4v) is 3.80. The van der Waals surface area contributed by atoms with Gasteiger partial charge >= 0.3 is 0 Å². The number of nitrogens with zero attached hydrogens (tertiary/aromatic N) is 3. The number of furan rings is 1. The number of carbonyl (C=O) groups is 1. The number of amides is 1. The van der Waals surface area contributed by atoms with E-state index in [1.54, 1.807) is 12.5 Å². The first kappa shape index (κ1) is 14.5. The fourth-order valence-electron chi connectivity index (χ4n) is 3.80. The van der Waals surface area contributed by atoms with Crippen LogP contribution in [0.15, 0.2) is 29.1 Å². The highest BCUT2D eigenvalue weighted by molar-refractivity contribution is 5.93. The maximum atomic E-state index is 12.8. The Balaban J connectivity index is 1.48. The number of hydrogen-bond donors (Lipinski definition) is 1. The Morgan fingerprint density at radius 2 is 2.22 bits per heavy atom. The molecule has 1 amide bonds. The zero-order valence-electron chi connectivity index (χ0n) is 13.4. The second kappa shape index (κ2) is 5.85. The van der Waals surface area contributed by atoms with Crippen molar-refractivity contribution >= 4 is 5.91 Å². The Hall–Kier alpha value is -2.08. The van der Waals surface area contributed by atoms with Crippen molar-refractivity contribution in [1.82, 2.24) is 20.0 Å². The number of carbonyl (C=O) groups excluding carboxylic acids is 1. The summed E-state index contributed by atoms with van der Waals surface area (Å²) in [4.78, 5) is 17.3. The van der Waals surface area contributed by atoms with E-state index in [1.807, 2.05) is 17.0 Å². The van der Waals surface area contributed by atoms with Gasteiger partial charge in [-0.3, -0.25) is 14.8 Å². The van der Waals surface area contributed by atoms with E-state index in [0.717, 1.165) is 24.2 Å². The number of aromatic amines is 1. The first-order chi connectivity index (χ1) is 11.2. The van der Waals surface area contributed by atoms with Gasteiger partial charge in [0, 0.05) is 24.2 Å². The van der Waals surface area contributed by atoms with Crippen molar-refractivity contribution < 1.29 is 9.21 Å². The fraction of sp³-hybridized carbons (Fsp3) is 0.529. The number of aromatic nitrogens is 2. The first-order valence-electron chi connectivity index (χ1n) is 8.35. The van der Waals surface area contributed by atoms with E-state index in [4.69, 9.17) is 4.42 Å². The SMILES string of the molecule is CC1CC(N2CCCC2)CN1C(=O)c1cc(-c2ccoc2)n[nH]1. The lowest BCUT2D eigenvalue weighted by atomic mass is 10.2. The van der Waals surface area contributed by atoms with Crippen molar-refractivity contribution in [2.24, 2.45) is 0 Å². The van der Waals surface area contributed by atoms with Gasteiger partial charge in [-0.2, -0.15) is 5.10 Å². The first-order valence-corrected chi connectivity index (χ1v) is 8.35. The molecule has 0 aliphatic carbocycles. The van der Waals surface area contributed by atoms with Gasteiger partial charge in [0.05, 0.1) is 18.2 Å². The average molecular weight is 314 g/mol. The predicted octanol–water partition coefficient (Wildman–Crippen LogP) is 2.37. The molecule has 23 heavy (non-hydrogen) atoms. The summed E-state index contributed by atoms with van der Waals surface area (Å²) >= 11 is 0. The molecule has 2 atom stereocenters. The number of rotatable bonds is 3. The average Bonchev–Trinajstić information content (AvgIpc) is 3.31. The molecule has 0 radical (unpaired) electrons. The summed E-state index contributed by atoms with van der Waals surface area (Å²) in [5.74, 6) is 0.0430. The molecule has 4 rings (SSSR count). The Bertz CT molecular complexity index is 673. The molecule has 2 aliphatic heterocycles. The minimum absolute atomic E-state index is 0.0430. The number of nitrogens with one attached hydrogen (secondary N) is 1. The van der Waals surface area contributed by atoms with E-state index >= 15 is 0 Å². The highest BCUT2D eigenvalue weighted by Gasteiger charge is 2.37. The van der Waals surface area contributed by atoms with Crippen molar-refractivity contribution in [3.05, 3.63) is 30.4 Å². The van der Waals surface area contributed by atoms with Crippen LogP contribution in [0.1, 0.15) is 36.7 Å². The molecular weight excluding hydrogens is 292 g/mol. The van der Waals surface area contributed by atoms with Crippen molar-refractivity contribution in [2.75, 3.05) is 19.6 Å². The Labute approximate surface area is 135 Å². The quantitative estimate of drug-likeness (QED) is 0.944. The standard InChI is InChI=1S/C17H22N4O2/c1-12-8-14(20-5-2-3-6-20)10-21(12)17(22)16-9-15(18-19-16)13-4-7-23-11-13/h4,7,9,11-12,14H,2-3,5-6,8,10H2,1H3,(H,18,19). The van der Waals surface area contributed by atoms with E-state index in [2.05, 4.69) is 22.0 Å². The molecule has 0 aromatic carbocycles. The number of H-pyrrole nitrogens is 1. The van der Waals surface area contributed by atoms with Crippen LogP contribution in [0.5, 0.6) is 0 Å². The molecule has 2 aromatic rings. The Morgan fingerprint density at radius 3 is 2.96 bits per heavy atom. The maximum absolute atomic E-state index is 12.8. The normalized spacial score (nSPS) is 25.3. The van der Waals surface area contributed by atoms with Gasteiger partial charge in [0.15, 0.2) is 0 Å². The Morgan fingerprint density at radius 1 is 1.39 bits per heavy atom. The van der Waals surface area contributed by atoms with Crippen LogP contribution in [0.4, 0.5) is 0 Å². The monoisotopic (exact) mass is 314 g/mol. The topological polar surface area (TPSA) is 65.4 Å². The van der Waals surface area contributed by atoms with Crippen molar-refractivity contribution in [2.45, 2.75) is 38.3 Å². The van der Waals surface area contributed by atoms with Crippen LogP contribution in [0.3, 0.4) is 0 Å². The highest BCUT2D eigenvalue weighted by atomic mass is 16.3. The van der Waals surface area contributed by atoms with Gasteiger partial charge in [0.1, 0.15) is 5.69 Å². The van der Waals surface area contributed by atoms with Crippen LogP contribution in [0.2, 0.25) is 0 Å². The summed E-state index contributed by atoms with van der Waals surface area (Å²) < 4.78 is 5.07. The smallest absolute Gasteiger partial charge is 0.272 e. The third-order valence-electron chi connectivity index (χ3n) is 5.10. The second-order valence-corrected chi connectivity index (χ2v) is 6.62. The van der Waals surface area contributed by atoms with Crippen LogP contribution in [-0.4, -0.2) is 57.6 Å². The summed E-state index contributed by atoms with van der Waals surface area (Å²) in [7, 11) is 0. The molecule has 6 nitrogen and oxygen atoms in total. The lowest BCUT2D eigenvalue weighted by molar-refractivity contribution is 0.0731. The van der Waals surface area contributed by atoms with Gasteiger partial charge in [-0.05, 0) is 51.4 Å². The molecule has 0 saturated carbocycles. The van der Waals surface area contributed by atoms with Crippen LogP contribution in [0, 0.1) is 0 Å². The summed E-state index contributed by atoms with van der Waals surface area (Å²) in [5, 5.41) is 7.11. The zero-order chi connectivity index (χ0) is 15.8. The van der Waals surface area contributed by atoms with Crippen LogP contribution < -0.4 is 0 Å². The van der Waals surface area contributed by atoms with Gasteiger partial charge < -0.3 is 9.32 Å². The molecule has 2 aliphatic rings. The van der Waals surface area contributed by atoms with Gasteiger partial charge in [-0.15, -0.1) is 0 Å². The van der Waals surface area contributed by atoms with E-state index in [-0.39, 0.29) is 11.9 Å². The molecule has 2 aromatic heterocycles. The minimum atomic E-state index is 0.0430. The maximum Gasteiger partial charge on any atom is 0.272 e. The van der Waals surface area contributed by atoms with E-state index in [0.29, 0.717) is 11.7 Å². The number of hydrogen-bond acceptors (Lipinski definition) is 4. The molecule has 6 heteroatoms. The summed E-state index contributed by atoms with van der Waals surface area (Å²) in [6.45, 7) is 5.31. The lowest BCUT2D eigenvalue weighted by Gasteiger charge is -2.23. The summed E-state index contributed by atoms with van der Waals surface area (Å²) in [6.07, 6.45) is 6.87. The highest BCUT2D eigenvalue weighted by Crippen LogP contribution is 2.27. The van der Waals surface area contributed by atoms with Crippen LogP contribution in [-0.2, 0) is 0 Å². The minimum Gasteiger partial charge on any atom is -0.472 e. The molecule has 1 N–H and O–H groups in total. The molecule has 0 bridgehead atoms. The van der Waals surface area contributed by atoms with E-state index in [1.165, 1.54) is 25.9 Å². The molecule has 2 saturated heterocycles. The summed E-state index contributed by atoms with van der Waals surface area (Å²) in [6, 6.07) is 4.43. The van der Waals surface area contributed by atoms with E-state index in [9.17, 15) is 4.79 Å². The van der Waals surface area contributed by atoms with Gasteiger partial charge in [-0.1, -0.05) is 0 Å². The van der Waals surface area contributed by atoms with Gasteiger partial charge in [0.25, 0.3) is 5.91 Å². The van der Waals surface area contributed by atoms with E-state index < -0.39 is 0 Å². The van der Waals surface area contributed by atoms with Crippen LogP contribution >= 0.6 is 0 Å². The van der Waals surface area contributed by atoms with Crippen molar-refractivity contribution in [1.29, 1.82) is 0 Å². The Kier molecular flexibility index (Phi) is 3.69. The van der Waals surface area contributed by atoms with Crippen LogP contribution in [0.25, 0.3) is 11.3 Å². The van der Waals surface area contributed by atoms with Crippen molar-refractivity contribution in [3.63, 3.8) is 0 Å². The third-order valence-corrected chi connectivity index (χ3v) is 5.10. The molecule has 4 heterocycles. The predicted molar refractivity (Wildman–Crippen MR) is 86.0 cm³/mol. The third kappa shape index (κ3) is 2.67. The molecule has 122 valence electrons. The molecule has 2 unspecified atom stereocenters. The molecule has 2 fully saturated rings. The molecule has 0 spiro atoms. The number of likely N-dealkylation sites (tertiary alicyclic amines) is 2. The zero-order valence-corrected chi connectivity index (χ0v) is 13.4. The lowest BCUT2D eigenvalue weighted by Crippen LogP contribution is -2.38. The van der Waals surface area contributed by atoms with Crippen molar-refractivity contribution in [3.8, 4) is 11.3 Å². The summed E-state index contributed by atoms with van der Waals surface area (Å²) in [5.41, 5.74) is 2.17. The second-order valence-electron chi connectivity index (χ2n) is 6.62.